The molecule has 3 rings (SSSR count). The quantitative estimate of drug-likeness (QED) is 0.927. The van der Waals surface area contributed by atoms with Crippen molar-refractivity contribution in [3.05, 3.63) is 46.4 Å². The Morgan fingerprint density at radius 3 is 2.40 bits per heavy atom. The van der Waals surface area contributed by atoms with Gasteiger partial charge in [-0.05, 0) is 51.9 Å². The number of likely N-dealkylation sites (tertiary alicyclic amines) is 1. The molecule has 0 aliphatic carbocycles. The molecule has 6 nitrogen and oxygen atoms in total. The highest BCUT2D eigenvalue weighted by Crippen LogP contribution is 2.16. The summed E-state index contributed by atoms with van der Waals surface area (Å²) in [5.74, 6) is -0.118. The number of anilines is 1. The van der Waals surface area contributed by atoms with E-state index >= 15 is 0 Å². The maximum atomic E-state index is 12.9. The first-order valence-corrected chi connectivity index (χ1v) is 8.89. The van der Waals surface area contributed by atoms with Gasteiger partial charge in [-0.15, -0.1) is 0 Å². The highest BCUT2D eigenvalue weighted by Gasteiger charge is 2.25. The molecule has 1 aromatic carbocycles. The van der Waals surface area contributed by atoms with Crippen molar-refractivity contribution in [2.24, 2.45) is 7.05 Å². The van der Waals surface area contributed by atoms with Gasteiger partial charge in [-0.3, -0.25) is 19.2 Å². The molecule has 1 aromatic heterocycles. The first kappa shape index (κ1) is 17.5. The Morgan fingerprint density at radius 1 is 1.12 bits per heavy atom. The van der Waals surface area contributed by atoms with E-state index in [1.54, 1.807) is 9.36 Å². The Balaban J connectivity index is 1.86. The number of hydrogen-bond donors (Lipinski definition) is 1. The van der Waals surface area contributed by atoms with Gasteiger partial charge in [-0.2, -0.15) is 0 Å². The van der Waals surface area contributed by atoms with Gasteiger partial charge in [0.05, 0.1) is 17.4 Å². The minimum absolute atomic E-state index is 0.118. The number of amides is 1. The molecule has 0 radical (unpaired) electrons. The summed E-state index contributed by atoms with van der Waals surface area (Å²) in [5, 5.41) is 2.87. The van der Waals surface area contributed by atoms with Crippen LogP contribution in [-0.2, 0) is 11.8 Å². The molecular weight excluding hydrogens is 316 g/mol. The molecule has 0 saturated carbocycles. The lowest BCUT2D eigenvalue weighted by molar-refractivity contribution is -0.121. The SMILES string of the molecule is Cc1c(NC(=O)C(C)N2CCCCC2)c(=O)n(-c2ccccc2)n1C. The zero-order chi connectivity index (χ0) is 18.0. The second-order valence-electron chi connectivity index (χ2n) is 6.70. The van der Waals surface area contributed by atoms with Crippen LogP contribution in [0.4, 0.5) is 5.69 Å². The number of hydrogen-bond acceptors (Lipinski definition) is 3. The minimum Gasteiger partial charge on any atom is -0.319 e. The molecule has 0 bridgehead atoms. The van der Waals surface area contributed by atoms with Gasteiger partial charge in [0.2, 0.25) is 5.91 Å². The van der Waals surface area contributed by atoms with Crippen molar-refractivity contribution in [1.82, 2.24) is 14.3 Å². The number of carbonyl (C=O) groups is 1. The zero-order valence-electron chi connectivity index (χ0n) is 15.2. The van der Waals surface area contributed by atoms with Gasteiger partial charge in [0.25, 0.3) is 5.56 Å². The molecule has 1 aliphatic heterocycles. The van der Waals surface area contributed by atoms with Crippen molar-refractivity contribution in [1.29, 1.82) is 0 Å². The van der Waals surface area contributed by atoms with E-state index in [1.807, 2.05) is 51.2 Å². The van der Waals surface area contributed by atoms with Gasteiger partial charge in [0.1, 0.15) is 5.69 Å². The predicted octanol–water partition coefficient (Wildman–Crippen LogP) is 2.30. The molecule has 1 N–H and O–H groups in total. The Labute approximate surface area is 148 Å². The van der Waals surface area contributed by atoms with Crippen LogP contribution in [0.1, 0.15) is 31.9 Å². The first-order valence-electron chi connectivity index (χ1n) is 8.89. The molecule has 1 fully saturated rings. The molecule has 25 heavy (non-hydrogen) atoms. The molecule has 1 atom stereocenters. The van der Waals surface area contributed by atoms with Gasteiger partial charge in [-0.25, -0.2) is 4.68 Å². The number of nitrogens with zero attached hydrogens (tertiary/aromatic N) is 3. The van der Waals surface area contributed by atoms with Crippen LogP contribution in [0.3, 0.4) is 0 Å². The summed E-state index contributed by atoms with van der Waals surface area (Å²) in [6.45, 7) is 5.64. The summed E-state index contributed by atoms with van der Waals surface area (Å²) in [6.07, 6.45) is 3.48. The number of carbonyl (C=O) groups excluding carboxylic acids is 1. The summed E-state index contributed by atoms with van der Waals surface area (Å²) < 4.78 is 3.36. The number of piperidine rings is 1. The second-order valence-corrected chi connectivity index (χ2v) is 6.70. The number of nitrogens with one attached hydrogen (secondary N) is 1. The van der Waals surface area contributed by atoms with Crippen LogP contribution in [-0.4, -0.2) is 39.3 Å². The smallest absolute Gasteiger partial charge is 0.295 e. The number of aromatic nitrogens is 2. The third kappa shape index (κ3) is 3.39. The second kappa shape index (κ2) is 7.27. The van der Waals surface area contributed by atoms with E-state index in [1.165, 1.54) is 6.42 Å². The van der Waals surface area contributed by atoms with Crippen LogP contribution in [0.25, 0.3) is 5.69 Å². The average Bonchev–Trinajstić information content (AvgIpc) is 2.86. The topological polar surface area (TPSA) is 59.3 Å². The highest BCUT2D eigenvalue weighted by molar-refractivity contribution is 5.95. The number of para-hydroxylation sites is 1. The normalized spacial score (nSPS) is 16.6. The maximum absolute atomic E-state index is 12.9. The minimum atomic E-state index is -0.232. The van der Waals surface area contributed by atoms with E-state index in [2.05, 4.69) is 10.2 Å². The molecule has 1 unspecified atom stereocenters. The van der Waals surface area contributed by atoms with Gasteiger partial charge >= 0.3 is 0 Å². The van der Waals surface area contributed by atoms with E-state index in [9.17, 15) is 9.59 Å². The lowest BCUT2D eigenvalue weighted by atomic mass is 10.1. The highest BCUT2D eigenvalue weighted by atomic mass is 16.2. The fraction of sp³-hybridized carbons (Fsp3) is 0.474. The lowest BCUT2D eigenvalue weighted by Crippen LogP contribution is -2.45. The maximum Gasteiger partial charge on any atom is 0.295 e. The van der Waals surface area contributed by atoms with Crippen molar-refractivity contribution in [3.8, 4) is 5.69 Å². The van der Waals surface area contributed by atoms with Crippen LogP contribution >= 0.6 is 0 Å². The molecule has 1 saturated heterocycles. The zero-order valence-corrected chi connectivity index (χ0v) is 15.2. The molecule has 2 heterocycles. The fourth-order valence-electron chi connectivity index (χ4n) is 3.41. The number of benzene rings is 1. The molecule has 1 amide bonds. The molecular formula is C19H26N4O2. The fourth-order valence-corrected chi connectivity index (χ4v) is 3.41. The third-order valence-corrected chi connectivity index (χ3v) is 5.12. The van der Waals surface area contributed by atoms with Crippen LogP contribution in [0, 0.1) is 6.92 Å². The first-order chi connectivity index (χ1) is 12.0. The Morgan fingerprint density at radius 2 is 1.76 bits per heavy atom. The molecule has 6 heteroatoms. The van der Waals surface area contributed by atoms with Crippen LogP contribution in [0.5, 0.6) is 0 Å². The largest absolute Gasteiger partial charge is 0.319 e. The molecule has 2 aromatic rings. The Hall–Kier alpha value is -2.34. The molecule has 0 spiro atoms. The van der Waals surface area contributed by atoms with Gasteiger partial charge in [-0.1, -0.05) is 24.6 Å². The summed E-state index contributed by atoms with van der Waals surface area (Å²) >= 11 is 0. The molecule has 1 aliphatic rings. The molecule has 134 valence electrons. The number of rotatable bonds is 4. The summed E-state index contributed by atoms with van der Waals surface area (Å²) in [5.41, 5.74) is 1.68. The Bertz CT molecular complexity index is 801. The average molecular weight is 342 g/mol. The van der Waals surface area contributed by atoms with E-state index < -0.39 is 0 Å². The van der Waals surface area contributed by atoms with Crippen molar-refractivity contribution >= 4 is 11.6 Å². The van der Waals surface area contributed by atoms with Crippen molar-refractivity contribution in [3.63, 3.8) is 0 Å². The van der Waals surface area contributed by atoms with Gasteiger partial charge in [0.15, 0.2) is 0 Å². The summed E-state index contributed by atoms with van der Waals surface area (Å²) in [6, 6.07) is 9.21. The van der Waals surface area contributed by atoms with Crippen molar-refractivity contribution in [2.45, 2.75) is 39.2 Å². The van der Waals surface area contributed by atoms with Crippen LogP contribution < -0.4 is 10.9 Å². The van der Waals surface area contributed by atoms with Crippen LogP contribution in [0.15, 0.2) is 35.1 Å². The summed E-state index contributed by atoms with van der Waals surface area (Å²) in [4.78, 5) is 27.7. The standard InChI is InChI=1S/C19H26N4O2/c1-14-17(20-18(24)15(2)22-12-8-5-9-13-22)19(25)23(21(14)3)16-10-6-4-7-11-16/h4,6-7,10-11,15H,5,8-9,12-13H2,1-3H3,(H,20,24). The van der Waals surface area contributed by atoms with Gasteiger partial charge < -0.3 is 5.32 Å². The lowest BCUT2D eigenvalue weighted by Gasteiger charge is -2.31. The third-order valence-electron chi connectivity index (χ3n) is 5.12. The van der Waals surface area contributed by atoms with Gasteiger partial charge in [0, 0.05) is 7.05 Å². The van der Waals surface area contributed by atoms with Crippen molar-refractivity contribution < 1.29 is 4.79 Å². The van der Waals surface area contributed by atoms with Crippen molar-refractivity contribution in [2.75, 3.05) is 18.4 Å². The monoisotopic (exact) mass is 342 g/mol. The summed E-state index contributed by atoms with van der Waals surface area (Å²) in [7, 11) is 1.83. The Kier molecular flexibility index (Phi) is 5.08. The van der Waals surface area contributed by atoms with E-state index in [0.29, 0.717) is 5.69 Å². The van der Waals surface area contributed by atoms with E-state index in [4.69, 9.17) is 0 Å². The van der Waals surface area contributed by atoms with E-state index in [-0.39, 0.29) is 17.5 Å². The predicted molar refractivity (Wildman–Crippen MR) is 99.3 cm³/mol. The van der Waals surface area contributed by atoms with E-state index in [0.717, 1.165) is 37.3 Å². The van der Waals surface area contributed by atoms with Crippen LogP contribution in [0.2, 0.25) is 0 Å².